The third-order valence-electron chi connectivity index (χ3n) is 13.9. The molecule has 0 saturated heterocycles. The Kier molecular flexibility index (Phi) is 5.80. The number of rotatable bonds is 1. The lowest BCUT2D eigenvalue weighted by atomic mass is 9.44. The lowest BCUT2D eigenvalue weighted by Crippen LogP contribution is -2.56. The van der Waals surface area contributed by atoms with Crippen molar-refractivity contribution >= 4 is 110 Å². The zero-order valence-electron chi connectivity index (χ0n) is 32.2. The summed E-state index contributed by atoms with van der Waals surface area (Å²) >= 11 is 1.93. The minimum absolute atomic E-state index is 0.0605. The summed E-state index contributed by atoms with van der Waals surface area (Å²) in [5.74, 6) is 0. The van der Waals surface area contributed by atoms with Gasteiger partial charge in [-0.3, -0.25) is 0 Å². The summed E-state index contributed by atoms with van der Waals surface area (Å²) < 4.78 is 12.2. The summed E-state index contributed by atoms with van der Waals surface area (Å²) in [7, 11) is 0. The SMILES string of the molecule is Cc1cc2c(cc1N1c3cc4c(cc3B3c5c1cc1ccccc1c5-c1cccc5c6sc7ccccc7c6n3c15)oc1ccccc14)C(C)(C)CCC2(C)C. The number of hydrogen-bond acceptors (Lipinski definition) is 3. The molecule has 5 heteroatoms. The van der Waals surface area contributed by atoms with E-state index < -0.39 is 0 Å². The number of hydrogen-bond donors (Lipinski definition) is 0. The van der Waals surface area contributed by atoms with Gasteiger partial charge in [0.15, 0.2) is 0 Å². The van der Waals surface area contributed by atoms with Gasteiger partial charge in [-0.1, -0.05) is 113 Å². The molecule has 268 valence electrons. The predicted molar refractivity (Wildman–Crippen MR) is 240 cm³/mol. The van der Waals surface area contributed by atoms with E-state index in [2.05, 4.69) is 165 Å². The number of benzene rings is 7. The molecule has 0 atom stereocenters. The highest BCUT2D eigenvalue weighted by Crippen LogP contribution is 2.53. The first kappa shape index (κ1) is 31.4. The van der Waals surface area contributed by atoms with Gasteiger partial charge in [-0.2, -0.15) is 0 Å². The van der Waals surface area contributed by atoms with Gasteiger partial charge in [-0.15, -0.1) is 11.3 Å². The number of thiophene rings is 1. The van der Waals surface area contributed by atoms with Crippen LogP contribution in [0.4, 0.5) is 17.1 Å². The zero-order chi connectivity index (χ0) is 37.4. The van der Waals surface area contributed by atoms with Crippen LogP contribution in [0.3, 0.4) is 0 Å². The number of fused-ring (bicyclic) bond motifs is 15. The van der Waals surface area contributed by atoms with Crippen molar-refractivity contribution in [3.05, 3.63) is 138 Å². The van der Waals surface area contributed by atoms with Crippen LogP contribution < -0.4 is 15.8 Å². The molecule has 3 aliphatic rings. The molecule has 10 aromatic rings. The fourth-order valence-corrected chi connectivity index (χ4v) is 12.3. The maximum atomic E-state index is 6.75. The third-order valence-corrected chi connectivity index (χ3v) is 15.1. The van der Waals surface area contributed by atoms with Crippen LogP contribution in [0.5, 0.6) is 0 Å². The van der Waals surface area contributed by atoms with Gasteiger partial charge in [0.05, 0.1) is 10.2 Å². The summed E-state index contributed by atoms with van der Waals surface area (Å²) in [4.78, 5) is 2.64. The van der Waals surface area contributed by atoms with Crippen LogP contribution in [0, 0.1) is 6.92 Å². The lowest BCUT2D eigenvalue weighted by molar-refractivity contribution is 0.332. The van der Waals surface area contributed by atoms with Crippen molar-refractivity contribution in [3.63, 3.8) is 0 Å². The second-order valence-electron chi connectivity index (χ2n) is 17.9. The van der Waals surface area contributed by atoms with Crippen LogP contribution >= 0.6 is 11.3 Å². The second-order valence-corrected chi connectivity index (χ2v) is 19.0. The highest BCUT2D eigenvalue weighted by molar-refractivity contribution is 7.27. The molecule has 1 aliphatic carbocycles. The number of aromatic nitrogens is 1. The number of furan rings is 1. The highest BCUT2D eigenvalue weighted by Gasteiger charge is 2.45. The first-order chi connectivity index (χ1) is 27.2. The molecule has 3 nitrogen and oxygen atoms in total. The van der Waals surface area contributed by atoms with Crippen LogP contribution in [0.2, 0.25) is 0 Å². The predicted octanol–water partition coefficient (Wildman–Crippen LogP) is 13.1. The van der Waals surface area contributed by atoms with Gasteiger partial charge >= 0.3 is 6.85 Å². The van der Waals surface area contributed by atoms with Crippen molar-refractivity contribution in [2.75, 3.05) is 4.90 Å². The molecule has 0 spiro atoms. The number of para-hydroxylation sites is 2. The van der Waals surface area contributed by atoms with Crippen molar-refractivity contribution in [3.8, 4) is 11.1 Å². The molecule has 7 aromatic carbocycles. The molecular formula is C51H39BN2OS. The second kappa shape index (κ2) is 10.3. The van der Waals surface area contributed by atoms with E-state index in [1.165, 1.54) is 111 Å². The van der Waals surface area contributed by atoms with E-state index in [4.69, 9.17) is 4.42 Å². The van der Waals surface area contributed by atoms with E-state index in [-0.39, 0.29) is 17.7 Å². The zero-order valence-corrected chi connectivity index (χ0v) is 33.1. The Morgan fingerprint density at radius 1 is 0.607 bits per heavy atom. The van der Waals surface area contributed by atoms with E-state index in [0.717, 1.165) is 21.9 Å². The molecule has 3 aromatic heterocycles. The lowest BCUT2D eigenvalue weighted by Gasteiger charge is -2.45. The van der Waals surface area contributed by atoms with E-state index >= 15 is 0 Å². The topological polar surface area (TPSA) is 21.3 Å². The monoisotopic (exact) mass is 738 g/mol. The molecule has 2 aliphatic heterocycles. The molecular weight excluding hydrogens is 699 g/mol. The molecule has 13 rings (SSSR count). The fraction of sp³-hybridized carbons (Fsp3) is 0.176. The largest absolute Gasteiger partial charge is 0.456 e. The van der Waals surface area contributed by atoms with Crippen LogP contribution in [0.15, 0.2) is 126 Å². The van der Waals surface area contributed by atoms with Crippen molar-refractivity contribution in [1.29, 1.82) is 0 Å². The van der Waals surface area contributed by atoms with Gasteiger partial charge in [0.2, 0.25) is 0 Å². The molecule has 0 saturated carbocycles. The average Bonchev–Trinajstić information content (AvgIpc) is 3.87. The summed E-state index contributed by atoms with van der Waals surface area (Å²) in [6, 6.07) is 46.0. The van der Waals surface area contributed by atoms with Crippen LogP contribution in [0.1, 0.15) is 57.2 Å². The Hall–Kier alpha value is -5.78. The smallest absolute Gasteiger partial charge is 0.333 e. The molecule has 0 amide bonds. The first-order valence-corrected chi connectivity index (χ1v) is 20.9. The fourth-order valence-electron chi connectivity index (χ4n) is 11.1. The molecule has 56 heavy (non-hydrogen) atoms. The minimum atomic E-state index is -0.0605. The molecule has 0 fully saturated rings. The highest BCUT2D eigenvalue weighted by atomic mass is 32.1. The van der Waals surface area contributed by atoms with Crippen molar-refractivity contribution in [2.24, 2.45) is 0 Å². The Morgan fingerprint density at radius 3 is 2.16 bits per heavy atom. The molecule has 0 bridgehead atoms. The van der Waals surface area contributed by atoms with Gasteiger partial charge in [0.25, 0.3) is 0 Å². The van der Waals surface area contributed by atoms with Gasteiger partial charge in [0, 0.05) is 54.4 Å². The average molecular weight is 739 g/mol. The molecule has 5 heterocycles. The Balaban J connectivity index is 1.24. The first-order valence-electron chi connectivity index (χ1n) is 20.1. The Morgan fingerprint density at radius 2 is 1.32 bits per heavy atom. The Bertz CT molecular complexity index is 3410. The van der Waals surface area contributed by atoms with Gasteiger partial charge in [0.1, 0.15) is 11.2 Å². The van der Waals surface area contributed by atoms with E-state index in [1.807, 2.05) is 11.3 Å². The van der Waals surface area contributed by atoms with E-state index in [9.17, 15) is 0 Å². The summed E-state index contributed by atoms with van der Waals surface area (Å²) in [5, 5.41) is 7.55. The Labute approximate surface area is 329 Å². The van der Waals surface area contributed by atoms with E-state index in [1.54, 1.807) is 0 Å². The summed E-state index contributed by atoms with van der Waals surface area (Å²) in [5.41, 5.74) is 18.1. The standard InChI is InChI=1S/C51H39BN2OS/c1-28-23-36-37(51(4,5)22-21-50(36,2)3)26-39(28)53-40-25-35-31-15-8-10-19-42(31)55-43(35)27-38(40)52-46-41(53)24-29-13-6-7-14-30(29)45(46)33-17-12-18-34-47(33)54(52)48-32-16-9-11-20-44(32)56-49(34)48/h6-20,23-27H,21-22H2,1-5H3. The van der Waals surface area contributed by atoms with Crippen molar-refractivity contribution in [2.45, 2.75) is 58.3 Å². The molecule has 0 unspecified atom stereocenters. The van der Waals surface area contributed by atoms with Crippen LogP contribution in [-0.2, 0) is 10.8 Å². The van der Waals surface area contributed by atoms with Crippen molar-refractivity contribution < 1.29 is 4.42 Å². The maximum Gasteiger partial charge on any atom is 0.333 e. The number of anilines is 3. The normalized spacial score (nSPS) is 16.4. The molecule has 0 radical (unpaired) electrons. The van der Waals surface area contributed by atoms with Gasteiger partial charge in [-0.25, -0.2) is 0 Å². The van der Waals surface area contributed by atoms with Gasteiger partial charge in [-0.05, 0) is 111 Å². The van der Waals surface area contributed by atoms with Crippen molar-refractivity contribution in [1.82, 2.24) is 4.48 Å². The summed E-state index contributed by atoms with van der Waals surface area (Å²) in [6.45, 7) is 12.0. The number of nitrogens with zero attached hydrogens (tertiary/aromatic N) is 2. The maximum absolute atomic E-state index is 6.75. The minimum Gasteiger partial charge on any atom is -0.456 e. The quantitative estimate of drug-likeness (QED) is 0.156. The van der Waals surface area contributed by atoms with E-state index in [0.29, 0.717) is 0 Å². The molecule has 0 N–H and O–H groups in total. The van der Waals surface area contributed by atoms with Crippen LogP contribution in [-0.4, -0.2) is 11.3 Å². The number of aryl methyl sites for hydroxylation is 1. The van der Waals surface area contributed by atoms with Crippen LogP contribution in [0.25, 0.3) is 75.0 Å². The third kappa shape index (κ3) is 3.80. The van der Waals surface area contributed by atoms with Gasteiger partial charge < -0.3 is 13.8 Å². The summed E-state index contributed by atoms with van der Waals surface area (Å²) in [6.07, 6.45) is 2.37.